The largest absolute Gasteiger partial charge is 0.480 e. The maximum absolute atomic E-state index is 11.4. The number of nitrogens with one attached hydrogen (secondary N) is 2. The zero-order valence-electron chi connectivity index (χ0n) is 9.86. The first-order chi connectivity index (χ1) is 8.00. The van der Waals surface area contributed by atoms with Crippen LogP contribution in [0.1, 0.15) is 18.1 Å². The Labute approximate surface area is 99.8 Å². The number of hydrogen-bond donors (Lipinski definition) is 3. The molecule has 1 rings (SSSR count). The van der Waals surface area contributed by atoms with Crippen molar-refractivity contribution in [2.24, 2.45) is 0 Å². The predicted molar refractivity (Wildman–Crippen MR) is 63.6 cm³/mol. The van der Waals surface area contributed by atoms with Gasteiger partial charge in [0.2, 0.25) is 0 Å². The number of aryl methyl sites for hydroxylation is 1. The summed E-state index contributed by atoms with van der Waals surface area (Å²) in [6.07, 6.45) is 0. The number of benzene rings is 1. The predicted octanol–water partition coefficient (Wildman–Crippen LogP) is 1.27. The molecule has 1 atom stereocenters. The number of carboxylic acid groups (broad SMARTS) is 1. The molecule has 0 aliphatic heterocycles. The monoisotopic (exact) mass is 236 g/mol. The molecule has 1 aromatic rings. The van der Waals surface area contributed by atoms with Crippen LogP contribution < -0.4 is 10.6 Å². The van der Waals surface area contributed by atoms with Crippen LogP contribution in [-0.4, -0.2) is 23.1 Å². The number of carbonyl (C=O) groups excluding carboxylic acids is 1. The molecule has 1 unspecified atom stereocenters. The molecule has 0 aromatic heterocycles. The number of hydrogen-bond acceptors (Lipinski definition) is 2. The van der Waals surface area contributed by atoms with E-state index in [0.717, 1.165) is 11.1 Å². The van der Waals surface area contributed by atoms with Crippen LogP contribution in [0, 0.1) is 6.92 Å². The fourth-order valence-electron chi connectivity index (χ4n) is 1.29. The molecule has 0 saturated carbocycles. The average Bonchev–Trinajstić information content (AvgIpc) is 2.27. The Balaban J connectivity index is 2.44. The molecule has 0 aliphatic carbocycles. The van der Waals surface area contributed by atoms with Gasteiger partial charge in [0, 0.05) is 6.54 Å². The third-order valence-corrected chi connectivity index (χ3v) is 2.42. The second kappa shape index (κ2) is 5.89. The van der Waals surface area contributed by atoms with Gasteiger partial charge in [-0.2, -0.15) is 0 Å². The van der Waals surface area contributed by atoms with Crippen LogP contribution in [-0.2, 0) is 11.3 Å². The fraction of sp³-hybridized carbons (Fsp3) is 0.333. The van der Waals surface area contributed by atoms with Gasteiger partial charge in [0.15, 0.2) is 0 Å². The molecule has 0 spiro atoms. The quantitative estimate of drug-likeness (QED) is 0.736. The van der Waals surface area contributed by atoms with E-state index in [1.807, 2.05) is 31.2 Å². The minimum absolute atomic E-state index is 0.380. The van der Waals surface area contributed by atoms with E-state index in [1.54, 1.807) is 0 Å². The van der Waals surface area contributed by atoms with Crippen LogP contribution in [0.15, 0.2) is 24.3 Å². The molecule has 3 N–H and O–H groups in total. The number of aliphatic carboxylic acids is 1. The summed E-state index contributed by atoms with van der Waals surface area (Å²) < 4.78 is 0. The topological polar surface area (TPSA) is 78.4 Å². The summed E-state index contributed by atoms with van der Waals surface area (Å²) in [6.45, 7) is 3.75. The van der Waals surface area contributed by atoms with Gasteiger partial charge in [-0.05, 0) is 25.0 Å². The third-order valence-electron chi connectivity index (χ3n) is 2.42. The lowest BCUT2D eigenvalue weighted by Crippen LogP contribution is -2.44. The van der Waals surface area contributed by atoms with Crippen LogP contribution in [0.25, 0.3) is 0 Å². The van der Waals surface area contributed by atoms with Gasteiger partial charge in [0.1, 0.15) is 6.04 Å². The van der Waals surface area contributed by atoms with Crippen molar-refractivity contribution in [1.82, 2.24) is 10.6 Å². The van der Waals surface area contributed by atoms with Crippen molar-refractivity contribution in [2.75, 3.05) is 0 Å². The summed E-state index contributed by atoms with van der Waals surface area (Å²) in [5.41, 5.74) is 2.09. The Morgan fingerprint density at radius 2 is 2.00 bits per heavy atom. The lowest BCUT2D eigenvalue weighted by Gasteiger charge is -2.11. The second-order valence-electron chi connectivity index (χ2n) is 3.81. The molecular formula is C12H16N2O3. The van der Waals surface area contributed by atoms with E-state index in [9.17, 15) is 9.59 Å². The van der Waals surface area contributed by atoms with Crippen molar-refractivity contribution in [3.63, 3.8) is 0 Å². The van der Waals surface area contributed by atoms with Gasteiger partial charge < -0.3 is 15.7 Å². The van der Waals surface area contributed by atoms with Gasteiger partial charge in [0.05, 0.1) is 0 Å². The minimum Gasteiger partial charge on any atom is -0.480 e. The third kappa shape index (κ3) is 4.14. The molecule has 17 heavy (non-hydrogen) atoms. The highest BCUT2D eigenvalue weighted by Gasteiger charge is 2.13. The molecule has 1 aromatic carbocycles. The first kappa shape index (κ1) is 13.0. The van der Waals surface area contributed by atoms with Crippen molar-refractivity contribution in [3.05, 3.63) is 35.4 Å². The Kier molecular flexibility index (Phi) is 4.51. The molecule has 0 saturated heterocycles. The van der Waals surface area contributed by atoms with Crippen LogP contribution in [0.2, 0.25) is 0 Å². The molecule has 0 aliphatic rings. The molecule has 5 heteroatoms. The lowest BCUT2D eigenvalue weighted by atomic mass is 10.1. The number of carbonyl (C=O) groups is 2. The van der Waals surface area contributed by atoms with E-state index in [0.29, 0.717) is 6.54 Å². The molecule has 5 nitrogen and oxygen atoms in total. The summed E-state index contributed by atoms with van der Waals surface area (Å²) in [5.74, 6) is -1.06. The first-order valence-electron chi connectivity index (χ1n) is 5.32. The molecule has 0 radical (unpaired) electrons. The van der Waals surface area contributed by atoms with Crippen molar-refractivity contribution in [3.8, 4) is 0 Å². The number of rotatable bonds is 4. The second-order valence-corrected chi connectivity index (χ2v) is 3.81. The highest BCUT2D eigenvalue weighted by atomic mass is 16.4. The molecule has 2 amide bonds. The van der Waals surface area contributed by atoms with E-state index in [1.165, 1.54) is 6.92 Å². The Morgan fingerprint density at radius 1 is 1.35 bits per heavy atom. The molecule has 0 bridgehead atoms. The summed E-state index contributed by atoms with van der Waals surface area (Å²) >= 11 is 0. The number of carboxylic acids is 1. The molecule has 0 fully saturated rings. The highest BCUT2D eigenvalue weighted by molar-refractivity contribution is 5.82. The van der Waals surface area contributed by atoms with E-state index < -0.39 is 18.0 Å². The van der Waals surface area contributed by atoms with Crippen LogP contribution >= 0.6 is 0 Å². The van der Waals surface area contributed by atoms with Gasteiger partial charge in [-0.1, -0.05) is 24.3 Å². The zero-order valence-corrected chi connectivity index (χ0v) is 9.86. The van der Waals surface area contributed by atoms with Crippen molar-refractivity contribution in [1.29, 1.82) is 0 Å². The number of amides is 2. The maximum atomic E-state index is 11.4. The fourth-order valence-corrected chi connectivity index (χ4v) is 1.29. The van der Waals surface area contributed by atoms with Crippen molar-refractivity contribution >= 4 is 12.0 Å². The van der Waals surface area contributed by atoms with Gasteiger partial charge in [0.25, 0.3) is 0 Å². The van der Waals surface area contributed by atoms with Crippen LogP contribution in [0.5, 0.6) is 0 Å². The van der Waals surface area contributed by atoms with E-state index in [4.69, 9.17) is 5.11 Å². The first-order valence-corrected chi connectivity index (χ1v) is 5.32. The normalized spacial score (nSPS) is 11.6. The Hall–Kier alpha value is -2.04. The summed E-state index contributed by atoms with van der Waals surface area (Å²) in [6, 6.07) is 6.30. The Morgan fingerprint density at radius 3 is 2.59 bits per heavy atom. The summed E-state index contributed by atoms with van der Waals surface area (Å²) in [4.78, 5) is 21.9. The van der Waals surface area contributed by atoms with E-state index in [-0.39, 0.29) is 0 Å². The lowest BCUT2D eigenvalue weighted by molar-refractivity contribution is -0.138. The van der Waals surface area contributed by atoms with Crippen molar-refractivity contribution < 1.29 is 14.7 Å². The SMILES string of the molecule is Cc1ccccc1CNC(=O)NC(C)C(=O)O. The van der Waals surface area contributed by atoms with Crippen LogP contribution in [0.3, 0.4) is 0 Å². The molecule has 92 valence electrons. The number of urea groups is 1. The minimum atomic E-state index is -1.06. The van der Waals surface area contributed by atoms with E-state index in [2.05, 4.69) is 10.6 Å². The standard InChI is InChI=1S/C12H16N2O3/c1-8-5-3-4-6-10(8)7-13-12(17)14-9(2)11(15)16/h3-6,9H,7H2,1-2H3,(H,15,16)(H2,13,14,17). The molecule has 0 heterocycles. The molecular weight excluding hydrogens is 220 g/mol. The van der Waals surface area contributed by atoms with Gasteiger partial charge in [-0.25, -0.2) is 4.79 Å². The maximum Gasteiger partial charge on any atom is 0.325 e. The van der Waals surface area contributed by atoms with Gasteiger partial charge in [-0.15, -0.1) is 0 Å². The average molecular weight is 236 g/mol. The summed E-state index contributed by atoms with van der Waals surface area (Å²) in [7, 11) is 0. The summed E-state index contributed by atoms with van der Waals surface area (Å²) in [5, 5.41) is 13.5. The van der Waals surface area contributed by atoms with E-state index >= 15 is 0 Å². The van der Waals surface area contributed by atoms with Crippen LogP contribution in [0.4, 0.5) is 4.79 Å². The highest BCUT2D eigenvalue weighted by Crippen LogP contribution is 2.05. The Bertz CT molecular complexity index is 418. The zero-order chi connectivity index (χ0) is 12.8. The van der Waals surface area contributed by atoms with Gasteiger partial charge in [-0.3, -0.25) is 4.79 Å². The van der Waals surface area contributed by atoms with Crippen molar-refractivity contribution in [2.45, 2.75) is 26.4 Å². The smallest absolute Gasteiger partial charge is 0.325 e. The van der Waals surface area contributed by atoms with Gasteiger partial charge >= 0.3 is 12.0 Å².